The van der Waals surface area contributed by atoms with E-state index in [9.17, 15) is 0 Å². The number of fused-ring (bicyclic) bond motifs is 1. The lowest BCUT2D eigenvalue weighted by atomic mass is 10.1. The number of nitrogens with zero attached hydrogens (tertiary/aromatic N) is 4. The van der Waals surface area contributed by atoms with Gasteiger partial charge in [-0.2, -0.15) is 0 Å². The highest BCUT2D eigenvalue weighted by atomic mass is 16.5. The van der Waals surface area contributed by atoms with Crippen molar-refractivity contribution in [3.05, 3.63) is 83.9 Å². The molecule has 0 saturated heterocycles. The van der Waals surface area contributed by atoms with Gasteiger partial charge in [-0.05, 0) is 55.2 Å². The number of imidazole rings is 1. The van der Waals surface area contributed by atoms with Crippen LogP contribution in [0, 0.1) is 6.92 Å². The van der Waals surface area contributed by atoms with Gasteiger partial charge < -0.3 is 14.6 Å². The number of anilines is 1. The summed E-state index contributed by atoms with van der Waals surface area (Å²) in [5.74, 6) is 1.55. The molecule has 2 aromatic carbocycles. The maximum absolute atomic E-state index is 5.61. The first-order chi connectivity index (χ1) is 14.7. The predicted molar refractivity (Wildman–Crippen MR) is 117 cm³/mol. The largest absolute Gasteiger partial charge is 0.495 e. The van der Waals surface area contributed by atoms with Gasteiger partial charge in [0.05, 0.1) is 36.6 Å². The second-order valence-corrected chi connectivity index (χ2v) is 7.55. The van der Waals surface area contributed by atoms with E-state index in [-0.39, 0.29) is 0 Å². The Morgan fingerprint density at radius 2 is 1.97 bits per heavy atom. The van der Waals surface area contributed by atoms with Gasteiger partial charge in [0.1, 0.15) is 11.6 Å². The van der Waals surface area contributed by atoms with Crippen molar-refractivity contribution in [2.24, 2.45) is 0 Å². The number of hydrogen-bond donors (Lipinski definition) is 1. The first kappa shape index (κ1) is 18.4. The third-order valence-corrected chi connectivity index (χ3v) is 5.58. The standard InChI is InChI=1S/C24H23N5O/c1-16-14-29(15-25-16)22-11-8-18(13-23(22)30-2)20-10-12-24(28-27-20)26-21-9-7-17-5-3-4-6-19(17)21/h3-6,8,10-15,21H,7,9H2,1-2H3,(H,26,28)/t21-/m1/s1. The van der Waals surface area contributed by atoms with Crippen LogP contribution in [0.4, 0.5) is 5.82 Å². The van der Waals surface area contributed by atoms with Gasteiger partial charge in [0.15, 0.2) is 0 Å². The summed E-state index contributed by atoms with van der Waals surface area (Å²) in [6.07, 6.45) is 5.93. The molecule has 0 unspecified atom stereocenters. The average Bonchev–Trinajstić information content (AvgIpc) is 3.40. The fourth-order valence-corrected chi connectivity index (χ4v) is 4.05. The second kappa shape index (κ2) is 7.63. The molecule has 0 bridgehead atoms. The Labute approximate surface area is 175 Å². The molecule has 6 nitrogen and oxygen atoms in total. The van der Waals surface area contributed by atoms with Gasteiger partial charge in [-0.25, -0.2) is 4.98 Å². The van der Waals surface area contributed by atoms with Gasteiger partial charge in [0.2, 0.25) is 0 Å². The minimum absolute atomic E-state index is 0.291. The first-order valence-corrected chi connectivity index (χ1v) is 10.1. The van der Waals surface area contributed by atoms with Gasteiger partial charge in [0, 0.05) is 11.8 Å². The molecule has 0 fully saturated rings. The smallest absolute Gasteiger partial charge is 0.149 e. The number of hydrogen-bond acceptors (Lipinski definition) is 5. The van der Waals surface area contributed by atoms with Crippen LogP contribution < -0.4 is 10.1 Å². The lowest BCUT2D eigenvalue weighted by Crippen LogP contribution is -2.09. The molecule has 150 valence electrons. The number of benzene rings is 2. The van der Waals surface area contributed by atoms with Crippen LogP contribution >= 0.6 is 0 Å². The first-order valence-electron chi connectivity index (χ1n) is 10.1. The van der Waals surface area contributed by atoms with Gasteiger partial charge in [-0.15, -0.1) is 10.2 Å². The highest BCUT2D eigenvalue weighted by molar-refractivity contribution is 5.65. The Bertz CT molecular complexity index is 1180. The molecule has 1 aliphatic carbocycles. The van der Waals surface area contributed by atoms with Crippen molar-refractivity contribution in [2.45, 2.75) is 25.8 Å². The lowest BCUT2D eigenvalue weighted by Gasteiger charge is -2.15. The third-order valence-electron chi connectivity index (χ3n) is 5.58. The predicted octanol–water partition coefficient (Wildman–Crippen LogP) is 4.75. The van der Waals surface area contributed by atoms with Gasteiger partial charge in [-0.3, -0.25) is 0 Å². The summed E-state index contributed by atoms with van der Waals surface area (Å²) >= 11 is 0. The van der Waals surface area contributed by atoms with Crippen LogP contribution in [-0.2, 0) is 6.42 Å². The number of ether oxygens (including phenoxy) is 1. The van der Waals surface area contributed by atoms with E-state index >= 15 is 0 Å². The SMILES string of the molecule is COc1cc(-c2ccc(N[C@@H]3CCc4ccccc43)nn2)ccc1-n1cnc(C)c1. The number of methoxy groups -OCH3 is 1. The molecule has 2 heterocycles. The number of rotatable bonds is 5. The molecular formula is C24H23N5O. The Kier molecular flexibility index (Phi) is 4.67. The zero-order chi connectivity index (χ0) is 20.5. The van der Waals surface area contributed by atoms with E-state index in [0.29, 0.717) is 6.04 Å². The summed E-state index contributed by atoms with van der Waals surface area (Å²) in [6.45, 7) is 1.96. The Morgan fingerprint density at radius 1 is 1.07 bits per heavy atom. The lowest BCUT2D eigenvalue weighted by molar-refractivity contribution is 0.413. The maximum Gasteiger partial charge on any atom is 0.149 e. The normalized spacial score (nSPS) is 15.1. The van der Waals surface area contributed by atoms with Crippen LogP contribution in [0.5, 0.6) is 5.75 Å². The summed E-state index contributed by atoms with van der Waals surface area (Å²) in [4.78, 5) is 4.29. The molecule has 1 N–H and O–H groups in total. The summed E-state index contributed by atoms with van der Waals surface area (Å²) in [6, 6.07) is 18.9. The zero-order valence-electron chi connectivity index (χ0n) is 17.0. The molecule has 0 saturated carbocycles. The van der Waals surface area contributed by atoms with Crippen molar-refractivity contribution in [3.63, 3.8) is 0 Å². The van der Waals surface area contributed by atoms with Crippen LogP contribution in [0.3, 0.4) is 0 Å². The topological polar surface area (TPSA) is 64.9 Å². The molecule has 0 aliphatic heterocycles. The fourth-order valence-electron chi connectivity index (χ4n) is 4.05. The van der Waals surface area contributed by atoms with Crippen molar-refractivity contribution >= 4 is 5.82 Å². The molecule has 1 atom stereocenters. The van der Waals surface area contributed by atoms with E-state index in [1.807, 2.05) is 48.0 Å². The zero-order valence-corrected chi connectivity index (χ0v) is 17.0. The van der Waals surface area contributed by atoms with Crippen molar-refractivity contribution in [1.29, 1.82) is 0 Å². The van der Waals surface area contributed by atoms with Crippen molar-refractivity contribution < 1.29 is 4.74 Å². The van der Waals surface area contributed by atoms with E-state index in [2.05, 4.69) is 44.8 Å². The van der Waals surface area contributed by atoms with E-state index in [1.165, 1.54) is 11.1 Å². The van der Waals surface area contributed by atoms with Crippen LogP contribution in [0.1, 0.15) is 29.3 Å². The van der Waals surface area contributed by atoms with Crippen LogP contribution in [-0.4, -0.2) is 26.9 Å². The highest BCUT2D eigenvalue weighted by Gasteiger charge is 2.22. The Morgan fingerprint density at radius 3 is 2.73 bits per heavy atom. The molecule has 0 amide bonds. The fraction of sp³-hybridized carbons (Fsp3) is 0.208. The molecular weight excluding hydrogens is 374 g/mol. The van der Waals surface area contributed by atoms with Crippen molar-refractivity contribution in [1.82, 2.24) is 19.7 Å². The molecule has 0 spiro atoms. The van der Waals surface area contributed by atoms with Crippen molar-refractivity contribution in [2.75, 3.05) is 12.4 Å². The molecule has 6 heteroatoms. The summed E-state index contributed by atoms with van der Waals surface area (Å²) in [5.41, 5.74) is 6.43. The quantitative estimate of drug-likeness (QED) is 0.527. The maximum atomic E-state index is 5.61. The van der Waals surface area contributed by atoms with E-state index in [1.54, 1.807) is 13.4 Å². The summed E-state index contributed by atoms with van der Waals surface area (Å²) in [5, 5.41) is 12.4. The second-order valence-electron chi connectivity index (χ2n) is 7.55. The minimum atomic E-state index is 0.291. The van der Waals surface area contributed by atoms with Crippen LogP contribution in [0.15, 0.2) is 67.1 Å². The molecule has 2 aromatic heterocycles. The van der Waals surface area contributed by atoms with Crippen LogP contribution in [0.2, 0.25) is 0 Å². The van der Waals surface area contributed by atoms with E-state index < -0.39 is 0 Å². The monoisotopic (exact) mass is 397 g/mol. The average molecular weight is 397 g/mol. The Balaban J connectivity index is 1.37. The molecule has 5 rings (SSSR count). The molecule has 1 aliphatic rings. The van der Waals surface area contributed by atoms with Crippen LogP contribution in [0.25, 0.3) is 16.9 Å². The van der Waals surface area contributed by atoms with Gasteiger partial charge >= 0.3 is 0 Å². The third kappa shape index (κ3) is 3.41. The van der Waals surface area contributed by atoms with Crippen molar-refractivity contribution in [3.8, 4) is 22.7 Å². The molecule has 4 aromatic rings. The summed E-state index contributed by atoms with van der Waals surface area (Å²) < 4.78 is 7.56. The molecule has 0 radical (unpaired) electrons. The van der Waals surface area contributed by atoms with E-state index in [0.717, 1.165) is 47.0 Å². The summed E-state index contributed by atoms with van der Waals surface area (Å²) in [7, 11) is 1.67. The highest BCUT2D eigenvalue weighted by Crippen LogP contribution is 2.33. The van der Waals surface area contributed by atoms with Gasteiger partial charge in [0.25, 0.3) is 0 Å². The van der Waals surface area contributed by atoms with E-state index in [4.69, 9.17) is 4.74 Å². The number of aromatic nitrogens is 4. The number of nitrogens with one attached hydrogen (secondary N) is 1. The number of aryl methyl sites for hydroxylation is 2. The molecule has 30 heavy (non-hydrogen) atoms. The van der Waals surface area contributed by atoms with Gasteiger partial charge in [-0.1, -0.05) is 30.3 Å². The Hall–Kier alpha value is -3.67. The minimum Gasteiger partial charge on any atom is -0.495 e.